The fourth-order valence-corrected chi connectivity index (χ4v) is 4.42. The second kappa shape index (κ2) is 11.3. The van der Waals surface area contributed by atoms with Crippen molar-refractivity contribution in [2.75, 3.05) is 46.0 Å². The average Bonchev–Trinajstić information content (AvgIpc) is 3.16. The molecule has 0 bridgehead atoms. The maximum absolute atomic E-state index is 13.2. The van der Waals surface area contributed by atoms with Gasteiger partial charge >= 0.3 is 0 Å². The minimum atomic E-state index is -0.957. The van der Waals surface area contributed by atoms with Crippen molar-refractivity contribution in [2.24, 2.45) is 0 Å². The highest BCUT2D eigenvalue weighted by molar-refractivity contribution is 6.46. The molecule has 0 spiro atoms. The number of aliphatic hydroxyl groups excluding tert-OH is 1. The lowest BCUT2D eigenvalue weighted by Gasteiger charge is -2.31. The third-order valence-electron chi connectivity index (χ3n) is 6.30. The van der Waals surface area contributed by atoms with E-state index in [9.17, 15) is 24.8 Å². The summed E-state index contributed by atoms with van der Waals surface area (Å²) in [6.45, 7) is 5.86. The van der Waals surface area contributed by atoms with E-state index in [1.807, 2.05) is 6.92 Å². The van der Waals surface area contributed by atoms with Gasteiger partial charge in [-0.25, -0.2) is 0 Å². The molecule has 0 aliphatic carbocycles. The minimum absolute atomic E-state index is 0.0929. The van der Waals surface area contributed by atoms with Crippen molar-refractivity contribution in [1.29, 1.82) is 0 Å². The molecule has 0 radical (unpaired) electrons. The summed E-state index contributed by atoms with van der Waals surface area (Å²) in [4.78, 5) is 40.7. The predicted molar refractivity (Wildman–Crippen MR) is 132 cm³/mol. The minimum Gasteiger partial charge on any atom is -0.507 e. The van der Waals surface area contributed by atoms with Gasteiger partial charge in [0.25, 0.3) is 17.4 Å². The highest BCUT2D eigenvalue weighted by Gasteiger charge is 2.46. The maximum Gasteiger partial charge on any atom is 0.295 e. The molecular weight excluding hydrogens is 466 g/mol. The van der Waals surface area contributed by atoms with E-state index >= 15 is 0 Å². The third-order valence-corrected chi connectivity index (χ3v) is 6.30. The first-order valence-corrected chi connectivity index (χ1v) is 12.0. The van der Waals surface area contributed by atoms with Gasteiger partial charge in [0.05, 0.1) is 36.4 Å². The molecule has 2 saturated heterocycles. The van der Waals surface area contributed by atoms with Crippen molar-refractivity contribution in [3.05, 3.63) is 75.3 Å². The zero-order valence-electron chi connectivity index (χ0n) is 20.1. The number of carbonyl (C=O) groups is 2. The second-order valence-electron chi connectivity index (χ2n) is 8.67. The molecule has 1 unspecified atom stereocenters. The summed E-state index contributed by atoms with van der Waals surface area (Å²) in [6, 6.07) is 11.5. The van der Waals surface area contributed by atoms with Crippen LogP contribution < -0.4 is 4.74 Å². The van der Waals surface area contributed by atoms with E-state index in [4.69, 9.17) is 9.47 Å². The van der Waals surface area contributed by atoms with Crippen LogP contribution in [-0.2, 0) is 14.3 Å². The Labute approximate surface area is 208 Å². The molecule has 4 rings (SSSR count). The van der Waals surface area contributed by atoms with Gasteiger partial charge < -0.3 is 19.5 Å². The number of nitro groups is 1. The molecule has 2 aliphatic rings. The van der Waals surface area contributed by atoms with Crippen LogP contribution in [0.1, 0.15) is 30.5 Å². The summed E-state index contributed by atoms with van der Waals surface area (Å²) in [5.41, 5.74) is 0.476. The van der Waals surface area contributed by atoms with Gasteiger partial charge in [-0.3, -0.25) is 24.6 Å². The summed E-state index contributed by atoms with van der Waals surface area (Å²) in [6.07, 6.45) is 0.846. The molecule has 190 valence electrons. The molecule has 1 N–H and O–H groups in total. The molecular formula is C26H29N3O7. The zero-order valence-corrected chi connectivity index (χ0v) is 20.1. The van der Waals surface area contributed by atoms with Gasteiger partial charge in [0.15, 0.2) is 0 Å². The lowest BCUT2D eigenvalue weighted by molar-refractivity contribution is -0.384. The van der Waals surface area contributed by atoms with Crippen LogP contribution in [-0.4, -0.2) is 77.5 Å². The first kappa shape index (κ1) is 25.3. The molecule has 2 aromatic carbocycles. The van der Waals surface area contributed by atoms with Crippen LogP contribution in [0.15, 0.2) is 54.1 Å². The number of nitrogens with zero attached hydrogens (tertiary/aromatic N) is 3. The number of non-ortho nitro benzene ring substituents is 1. The zero-order chi connectivity index (χ0) is 25.7. The number of nitro benzene ring substituents is 1. The summed E-state index contributed by atoms with van der Waals surface area (Å²) in [5, 5.41) is 22.6. The Kier molecular flexibility index (Phi) is 7.97. The van der Waals surface area contributed by atoms with E-state index in [2.05, 4.69) is 4.90 Å². The van der Waals surface area contributed by atoms with Crippen LogP contribution in [0.4, 0.5) is 5.69 Å². The topological polar surface area (TPSA) is 122 Å². The first-order valence-electron chi connectivity index (χ1n) is 12.0. The number of ether oxygens (including phenoxy) is 2. The van der Waals surface area contributed by atoms with Crippen LogP contribution in [0.5, 0.6) is 5.75 Å². The standard InChI is InChI=1S/C26H29N3O7/c1-2-14-36-21-8-6-18(7-9-21)24(30)22-23(19-4-3-5-20(17-19)29(33)34)28(26(32)25(22)31)11-10-27-12-15-35-16-13-27/h3-9,17,23,30H,2,10-16H2,1H3/b24-22-. The van der Waals surface area contributed by atoms with E-state index in [1.165, 1.54) is 23.1 Å². The van der Waals surface area contributed by atoms with Gasteiger partial charge in [-0.05, 0) is 36.2 Å². The summed E-state index contributed by atoms with van der Waals surface area (Å²) >= 11 is 0. The molecule has 10 heteroatoms. The smallest absolute Gasteiger partial charge is 0.295 e. The van der Waals surface area contributed by atoms with Crippen molar-refractivity contribution in [3.8, 4) is 5.75 Å². The molecule has 1 atom stereocenters. The number of aliphatic hydroxyl groups is 1. The number of Topliss-reactive ketones (excluding diaryl/α,β-unsaturated/α-hetero) is 1. The van der Waals surface area contributed by atoms with Gasteiger partial charge in [-0.1, -0.05) is 19.1 Å². The molecule has 1 amide bonds. The largest absolute Gasteiger partial charge is 0.507 e. The first-order chi connectivity index (χ1) is 17.4. The number of benzene rings is 2. The molecule has 10 nitrogen and oxygen atoms in total. The highest BCUT2D eigenvalue weighted by atomic mass is 16.6. The molecule has 36 heavy (non-hydrogen) atoms. The third kappa shape index (κ3) is 5.39. The van der Waals surface area contributed by atoms with Crippen molar-refractivity contribution in [1.82, 2.24) is 9.80 Å². The number of hydrogen-bond donors (Lipinski definition) is 1. The van der Waals surface area contributed by atoms with Crippen molar-refractivity contribution < 1.29 is 29.1 Å². The quantitative estimate of drug-likeness (QED) is 0.185. The monoisotopic (exact) mass is 495 g/mol. The SMILES string of the molecule is CCCOc1ccc(/C(O)=C2/C(=O)C(=O)N(CCN3CCOCC3)C2c2cccc([N+](=O)[O-])c2)cc1. The normalized spacial score (nSPS) is 20.0. The molecule has 0 saturated carbocycles. The maximum atomic E-state index is 13.2. The molecule has 2 aromatic rings. The van der Waals surface area contributed by atoms with E-state index in [0.29, 0.717) is 56.3 Å². The number of ketones is 1. The molecule has 0 aromatic heterocycles. The lowest BCUT2D eigenvalue weighted by Crippen LogP contribution is -2.42. The number of amides is 1. The number of morpholine rings is 1. The molecule has 2 aliphatic heterocycles. The summed E-state index contributed by atoms with van der Waals surface area (Å²) < 4.78 is 11.0. The van der Waals surface area contributed by atoms with Gasteiger partial charge in [-0.2, -0.15) is 0 Å². The number of rotatable bonds is 9. The van der Waals surface area contributed by atoms with Gasteiger partial charge in [0.1, 0.15) is 11.5 Å². The van der Waals surface area contributed by atoms with Crippen molar-refractivity contribution in [2.45, 2.75) is 19.4 Å². The van der Waals surface area contributed by atoms with Crippen LogP contribution >= 0.6 is 0 Å². The van der Waals surface area contributed by atoms with Crippen LogP contribution in [0.25, 0.3) is 5.76 Å². The Hall–Kier alpha value is -3.76. The van der Waals surface area contributed by atoms with E-state index < -0.39 is 22.7 Å². The highest BCUT2D eigenvalue weighted by Crippen LogP contribution is 2.40. The Morgan fingerprint density at radius 3 is 2.53 bits per heavy atom. The number of likely N-dealkylation sites (tertiary alicyclic amines) is 1. The molecule has 2 heterocycles. The van der Waals surface area contributed by atoms with Crippen molar-refractivity contribution in [3.63, 3.8) is 0 Å². The number of carbonyl (C=O) groups excluding carboxylic acids is 2. The predicted octanol–water partition coefficient (Wildman–Crippen LogP) is 3.14. The van der Waals surface area contributed by atoms with E-state index in [0.717, 1.165) is 6.42 Å². The van der Waals surface area contributed by atoms with Crippen LogP contribution in [0.2, 0.25) is 0 Å². The Morgan fingerprint density at radius 2 is 1.86 bits per heavy atom. The van der Waals surface area contributed by atoms with Gasteiger partial charge in [-0.15, -0.1) is 0 Å². The number of hydrogen-bond acceptors (Lipinski definition) is 8. The fourth-order valence-electron chi connectivity index (χ4n) is 4.42. The fraction of sp³-hybridized carbons (Fsp3) is 0.385. The Morgan fingerprint density at radius 1 is 1.14 bits per heavy atom. The average molecular weight is 496 g/mol. The summed E-state index contributed by atoms with van der Waals surface area (Å²) in [5.74, 6) is -1.28. The van der Waals surface area contributed by atoms with E-state index in [-0.39, 0.29) is 23.6 Å². The second-order valence-corrected chi connectivity index (χ2v) is 8.67. The summed E-state index contributed by atoms with van der Waals surface area (Å²) in [7, 11) is 0. The lowest BCUT2D eigenvalue weighted by atomic mass is 9.95. The van der Waals surface area contributed by atoms with Crippen LogP contribution in [0, 0.1) is 10.1 Å². The van der Waals surface area contributed by atoms with Crippen molar-refractivity contribution >= 4 is 23.1 Å². The van der Waals surface area contributed by atoms with Gasteiger partial charge in [0, 0.05) is 43.9 Å². The van der Waals surface area contributed by atoms with Crippen LogP contribution in [0.3, 0.4) is 0 Å². The molecule has 2 fully saturated rings. The Bertz CT molecular complexity index is 1160. The van der Waals surface area contributed by atoms with E-state index in [1.54, 1.807) is 30.3 Å². The van der Waals surface area contributed by atoms with Gasteiger partial charge in [0.2, 0.25) is 0 Å². The Balaban J connectivity index is 1.72.